The Morgan fingerprint density at radius 3 is 2.68 bits per heavy atom. The third-order valence-electron chi connectivity index (χ3n) is 2.81. The fraction of sp³-hybridized carbons (Fsp3) is 0.429. The molecule has 5 nitrogen and oxygen atoms in total. The van der Waals surface area contributed by atoms with Crippen molar-refractivity contribution in [3.05, 3.63) is 41.5 Å². The molecule has 1 N–H and O–H groups in total. The zero-order valence-electron chi connectivity index (χ0n) is 11.2. The van der Waals surface area contributed by atoms with E-state index in [1.807, 2.05) is 24.3 Å². The van der Waals surface area contributed by atoms with Crippen molar-refractivity contribution in [1.29, 1.82) is 0 Å². The first kappa shape index (κ1) is 13.5. The molecule has 19 heavy (non-hydrogen) atoms. The fourth-order valence-corrected chi connectivity index (χ4v) is 1.72. The second-order valence-corrected chi connectivity index (χ2v) is 4.52. The number of hydrogen-bond acceptors (Lipinski definition) is 5. The summed E-state index contributed by atoms with van der Waals surface area (Å²) >= 11 is 0. The van der Waals surface area contributed by atoms with Crippen LogP contribution in [0.3, 0.4) is 0 Å². The molecule has 1 unspecified atom stereocenters. The van der Waals surface area contributed by atoms with Crippen LogP contribution in [-0.4, -0.2) is 28.5 Å². The maximum atomic E-state index is 9.20. The molecule has 0 fully saturated rings. The number of aliphatic hydroxyl groups is 1. The lowest BCUT2D eigenvalue weighted by atomic mass is 10.1. The molecule has 0 saturated carbocycles. The Hall–Kier alpha value is -1.88. The van der Waals surface area contributed by atoms with E-state index in [1.54, 1.807) is 14.0 Å². The van der Waals surface area contributed by atoms with E-state index in [-0.39, 0.29) is 6.10 Å². The molecule has 0 radical (unpaired) electrons. The molecule has 1 heterocycles. The minimum atomic E-state index is -0.350. The molecule has 2 aromatic rings. The van der Waals surface area contributed by atoms with Crippen LogP contribution in [0.5, 0.6) is 5.75 Å². The van der Waals surface area contributed by atoms with Crippen LogP contribution in [0.1, 0.15) is 30.6 Å². The number of aliphatic hydroxyl groups excluding tert-OH is 1. The SMILES string of the molecule is COc1ccc(Cc2noc(CCC(C)O)n2)cc1. The van der Waals surface area contributed by atoms with Gasteiger partial charge in [-0.1, -0.05) is 17.3 Å². The minimum Gasteiger partial charge on any atom is -0.497 e. The molecule has 2 rings (SSSR count). The van der Waals surface area contributed by atoms with Gasteiger partial charge in [0.1, 0.15) is 5.75 Å². The summed E-state index contributed by atoms with van der Waals surface area (Å²) in [6.45, 7) is 1.74. The van der Waals surface area contributed by atoms with Crippen molar-refractivity contribution in [3.8, 4) is 5.75 Å². The molecule has 0 saturated heterocycles. The van der Waals surface area contributed by atoms with E-state index in [2.05, 4.69) is 10.1 Å². The summed E-state index contributed by atoms with van der Waals surface area (Å²) < 4.78 is 10.2. The number of hydrogen-bond donors (Lipinski definition) is 1. The summed E-state index contributed by atoms with van der Waals surface area (Å²) in [5, 5.41) is 13.1. The number of ether oxygens (including phenoxy) is 1. The Morgan fingerprint density at radius 2 is 2.05 bits per heavy atom. The molecule has 0 aliphatic carbocycles. The van der Waals surface area contributed by atoms with Gasteiger partial charge in [-0.3, -0.25) is 0 Å². The van der Waals surface area contributed by atoms with Crippen LogP contribution < -0.4 is 4.74 Å². The molecule has 0 bridgehead atoms. The van der Waals surface area contributed by atoms with Crippen molar-refractivity contribution < 1.29 is 14.4 Å². The Morgan fingerprint density at radius 1 is 1.32 bits per heavy atom. The van der Waals surface area contributed by atoms with Crippen LogP contribution in [0.25, 0.3) is 0 Å². The third kappa shape index (κ3) is 4.06. The summed E-state index contributed by atoms with van der Waals surface area (Å²) in [5.74, 6) is 2.06. The predicted molar refractivity (Wildman–Crippen MR) is 70.1 cm³/mol. The molecule has 0 spiro atoms. The molecule has 0 aliphatic rings. The standard InChI is InChI=1S/C14H18N2O3/c1-10(17)3-8-14-15-13(16-19-14)9-11-4-6-12(18-2)7-5-11/h4-7,10,17H,3,8-9H2,1-2H3. The van der Waals surface area contributed by atoms with Crippen LogP contribution in [-0.2, 0) is 12.8 Å². The van der Waals surface area contributed by atoms with Gasteiger partial charge in [0.05, 0.1) is 13.2 Å². The van der Waals surface area contributed by atoms with E-state index in [0.717, 1.165) is 11.3 Å². The van der Waals surface area contributed by atoms with Crippen molar-refractivity contribution in [3.63, 3.8) is 0 Å². The van der Waals surface area contributed by atoms with Gasteiger partial charge < -0.3 is 14.4 Å². The molecule has 102 valence electrons. The quantitative estimate of drug-likeness (QED) is 0.862. The van der Waals surface area contributed by atoms with Crippen LogP contribution >= 0.6 is 0 Å². The minimum absolute atomic E-state index is 0.350. The zero-order valence-corrected chi connectivity index (χ0v) is 11.2. The van der Waals surface area contributed by atoms with Crippen LogP contribution in [0.4, 0.5) is 0 Å². The van der Waals surface area contributed by atoms with Gasteiger partial charge >= 0.3 is 0 Å². The number of aryl methyl sites for hydroxylation is 1. The van der Waals surface area contributed by atoms with Gasteiger partial charge in [0, 0.05) is 12.8 Å². The fourth-order valence-electron chi connectivity index (χ4n) is 1.72. The third-order valence-corrected chi connectivity index (χ3v) is 2.81. The highest BCUT2D eigenvalue weighted by atomic mass is 16.5. The maximum Gasteiger partial charge on any atom is 0.226 e. The largest absolute Gasteiger partial charge is 0.497 e. The number of aromatic nitrogens is 2. The van der Waals surface area contributed by atoms with Crippen molar-refractivity contribution in [2.45, 2.75) is 32.3 Å². The van der Waals surface area contributed by atoms with E-state index in [1.165, 1.54) is 0 Å². The first-order valence-corrected chi connectivity index (χ1v) is 6.30. The first-order valence-electron chi connectivity index (χ1n) is 6.30. The average molecular weight is 262 g/mol. The molecule has 5 heteroatoms. The van der Waals surface area contributed by atoms with Gasteiger partial charge in [0.15, 0.2) is 5.82 Å². The second-order valence-electron chi connectivity index (χ2n) is 4.52. The van der Waals surface area contributed by atoms with E-state index < -0.39 is 0 Å². The molecule has 1 aromatic heterocycles. The normalized spacial score (nSPS) is 12.4. The second kappa shape index (κ2) is 6.33. The van der Waals surface area contributed by atoms with Crippen molar-refractivity contribution in [2.75, 3.05) is 7.11 Å². The van der Waals surface area contributed by atoms with E-state index >= 15 is 0 Å². The van der Waals surface area contributed by atoms with Gasteiger partial charge in [-0.2, -0.15) is 4.98 Å². The van der Waals surface area contributed by atoms with Crippen molar-refractivity contribution in [1.82, 2.24) is 10.1 Å². The summed E-state index contributed by atoms with van der Waals surface area (Å²) in [4.78, 5) is 4.30. The maximum absolute atomic E-state index is 9.20. The number of rotatable bonds is 6. The van der Waals surface area contributed by atoms with Gasteiger partial charge in [-0.15, -0.1) is 0 Å². The highest BCUT2D eigenvalue weighted by Crippen LogP contribution is 2.14. The molecule has 1 atom stereocenters. The van der Waals surface area contributed by atoms with Crippen LogP contribution in [0.2, 0.25) is 0 Å². The predicted octanol–water partition coefficient (Wildman–Crippen LogP) is 1.98. The van der Waals surface area contributed by atoms with E-state index in [9.17, 15) is 5.11 Å². The Balaban J connectivity index is 1.95. The number of benzene rings is 1. The van der Waals surface area contributed by atoms with Crippen molar-refractivity contribution >= 4 is 0 Å². The molecular weight excluding hydrogens is 244 g/mol. The lowest BCUT2D eigenvalue weighted by molar-refractivity contribution is 0.180. The van der Waals surface area contributed by atoms with Crippen LogP contribution in [0.15, 0.2) is 28.8 Å². The number of methoxy groups -OCH3 is 1. The highest BCUT2D eigenvalue weighted by molar-refractivity contribution is 5.28. The summed E-state index contributed by atoms with van der Waals surface area (Å²) in [6, 6.07) is 7.77. The Bertz CT molecular complexity index is 506. The monoisotopic (exact) mass is 262 g/mol. The highest BCUT2D eigenvalue weighted by Gasteiger charge is 2.08. The molecule has 0 aliphatic heterocycles. The van der Waals surface area contributed by atoms with Crippen molar-refractivity contribution in [2.24, 2.45) is 0 Å². The smallest absolute Gasteiger partial charge is 0.226 e. The zero-order chi connectivity index (χ0) is 13.7. The topological polar surface area (TPSA) is 68.4 Å². The van der Waals surface area contributed by atoms with Gasteiger partial charge in [-0.05, 0) is 31.0 Å². The van der Waals surface area contributed by atoms with E-state index in [0.29, 0.717) is 31.0 Å². The van der Waals surface area contributed by atoms with Crippen LogP contribution in [0, 0.1) is 0 Å². The molecule has 0 amide bonds. The lowest BCUT2D eigenvalue weighted by Crippen LogP contribution is -2.01. The first-order chi connectivity index (χ1) is 9.17. The Labute approximate surface area is 112 Å². The summed E-state index contributed by atoms with van der Waals surface area (Å²) in [5.41, 5.74) is 1.10. The van der Waals surface area contributed by atoms with Gasteiger partial charge in [0.25, 0.3) is 0 Å². The van der Waals surface area contributed by atoms with E-state index in [4.69, 9.17) is 9.26 Å². The summed E-state index contributed by atoms with van der Waals surface area (Å²) in [7, 11) is 1.64. The Kier molecular flexibility index (Phi) is 4.52. The molecule has 1 aromatic carbocycles. The average Bonchev–Trinajstić information content (AvgIpc) is 2.85. The lowest BCUT2D eigenvalue weighted by Gasteiger charge is -2.00. The molecular formula is C14H18N2O3. The van der Waals surface area contributed by atoms with Gasteiger partial charge in [0.2, 0.25) is 5.89 Å². The summed E-state index contributed by atoms with van der Waals surface area (Å²) in [6.07, 6.45) is 1.51. The number of nitrogens with zero attached hydrogens (tertiary/aromatic N) is 2. The van der Waals surface area contributed by atoms with Gasteiger partial charge in [-0.25, -0.2) is 0 Å².